The molecule has 1 aliphatic heterocycles. The highest BCUT2D eigenvalue weighted by Crippen LogP contribution is 2.44. The number of ketones is 1. The van der Waals surface area contributed by atoms with Crippen molar-refractivity contribution in [2.24, 2.45) is 11.8 Å². The monoisotopic (exact) mass is 348 g/mol. The summed E-state index contributed by atoms with van der Waals surface area (Å²) in [5.41, 5.74) is -1.34. The van der Waals surface area contributed by atoms with Crippen LogP contribution in [0.5, 0.6) is 0 Å². The van der Waals surface area contributed by atoms with Crippen LogP contribution in [0.2, 0.25) is 0 Å². The van der Waals surface area contributed by atoms with Crippen LogP contribution < -0.4 is 5.32 Å². The van der Waals surface area contributed by atoms with Crippen molar-refractivity contribution in [2.45, 2.75) is 24.6 Å². The maximum Gasteiger partial charge on any atom is 0.360 e. The lowest BCUT2D eigenvalue weighted by Gasteiger charge is -2.49. The number of carbonyl (C=O) groups excluding carboxylic acids is 2. The summed E-state index contributed by atoms with van der Waals surface area (Å²) in [6.45, 7) is 0. The van der Waals surface area contributed by atoms with E-state index >= 15 is 0 Å². The average molecular weight is 348 g/mol. The van der Waals surface area contributed by atoms with Gasteiger partial charge in [0.25, 0.3) is 5.72 Å². The number of thiocarbonyl (C=S) groups is 1. The Morgan fingerprint density at radius 1 is 1.33 bits per heavy atom. The van der Waals surface area contributed by atoms with Gasteiger partial charge in [0.2, 0.25) is 0 Å². The predicted octanol–water partition coefficient (Wildman–Crippen LogP) is 1.00. The molecule has 0 bridgehead atoms. The summed E-state index contributed by atoms with van der Waals surface area (Å²) < 4.78 is 4.81. The van der Waals surface area contributed by atoms with Gasteiger partial charge in [-0.3, -0.25) is 4.79 Å². The Balaban J connectivity index is 2.11. The summed E-state index contributed by atoms with van der Waals surface area (Å²) in [4.78, 5) is 26.6. The van der Waals surface area contributed by atoms with E-state index in [0.29, 0.717) is 0 Å². The number of nitrogens with one attached hydrogen (secondary N) is 1. The van der Waals surface area contributed by atoms with Gasteiger partial charge < -0.3 is 20.1 Å². The van der Waals surface area contributed by atoms with Crippen LogP contribution in [0.25, 0.3) is 0 Å². The number of methoxy groups -OCH3 is 1. The number of Topliss-reactive ketones (excluding diaryl/α,β-unsaturated/α-hetero) is 1. The Morgan fingerprint density at radius 3 is 2.50 bits per heavy atom. The summed E-state index contributed by atoms with van der Waals surface area (Å²) in [6, 6.07) is 8.64. The fraction of sp³-hybridized carbons (Fsp3) is 0.471. The second-order valence-electron chi connectivity index (χ2n) is 6.27. The minimum atomic E-state index is -2.13. The molecule has 3 rings (SSSR count). The van der Waals surface area contributed by atoms with Crippen molar-refractivity contribution >= 4 is 29.1 Å². The van der Waals surface area contributed by atoms with Crippen LogP contribution in [0, 0.1) is 11.8 Å². The summed E-state index contributed by atoms with van der Waals surface area (Å²) in [7, 11) is 2.68. The summed E-state index contributed by atoms with van der Waals surface area (Å²) in [5, 5.41) is 14.5. The smallest absolute Gasteiger partial charge is 0.360 e. The Morgan fingerprint density at radius 2 is 1.96 bits per heavy atom. The number of hydrogen-bond donors (Lipinski definition) is 2. The van der Waals surface area contributed by atoms with E-state index in [1.165, 1.54) is 19.1 Å². The molecule has 2 aliphatic rings. The van der Waals surface area contributed by atoms with Gasteiger partial charge in [-0.15, -0.1) is 0 Å². The maximum atomic E-state index is 13.0. The minimum absolute atomic E-state index is 0.126. The third-order valence-electron chi connectivity index (χ3n) is 4.79. The van der Waals surface area contributed by atoms with Gasteiger partial charge in [0, 0.05) is 13.0 Å². The van der Waals surface area contributed by atoms with E-state index in [-0.39, 0.29) is 16.8 Å². The molecule has 1 saturated heterocycles. The first-order valence-electron chi connectivity index (χ1n) is 7.85. The number of esters is 1. The number of likely N-dealkylation sites (N-methyl/N-ethyl adjacent to an activating group) is 1. The SMILES string of the molecule is COC(=O)C1(O)C(C(=O)C2CC2)C(c2ccccc2)NC(=S)N1C. The molecular formula is C17H20N2O4S. The molecule has 0 radical (unpaired) electrons. The largest absolute Gasteiger partial charge is 0.465 e. The first kappa shape index (κ1) is 16.9. The van der Waals surface area contributed by atoms with Crippen LogP contribution in [-0.4, -0.2) is 46.8 Å². The van der Waals surface area contributed by atoms with Gasteiger partial charge in [-0.05, 0) is 30.6 Å². The van der Waals surface area contributed by atoms with Gasteiger partial charge in [-0.25, -0.2) is 4.79 Å². The summed E-state index contributed by atoms with van der Waals surface area (Å²) in [6.07, 6.45) is 1.56. The lowest BCUT2D eigenvalue weighted by molar-refractivity contribution is -0.195. The number of rotatable bonds is 4. The molecule has 24 heavy (non-hydrogen) atoms. The molecule has 0 aromatic heterocycles. The molecule has 1 aliphatic carbocycles. The Labute approximate surface area is 145 Å². The fourth-order valence-electron chi connectivity index (χ4n) is 3.24. The Kier molecular flexibility index (Phi) is 4.31. The van der Waals surface area contributed by atoms with Crippen LogP contribution in [0.4, 0.5) is 0 Å². The third-order valence-corrected chi connectivity index (χ3v) is 5.18. The van der Waals surface area contributed by atoms with Crippen molar-refractivity contribution in [3.8, 4) is 0 Å². The highest BCUT2D eigenvalue weighted by atomic mass is 32.1. The zero-order valence-corrected chi connectivity index (χ0v) is 14.4. The van der Waals surface area contributed by atoms with Crippen molar-refractivity contribution in [3.05, 3.63) is 35.9 Å². The molecule has 1 heterocycles. The van der Waals surface area contributed by atoms with E-state index in [1.54, 1.807) is 0 Å². The molecule has 1 aromatic carbocycles. The summed E-state index contributed by atoms with van der Waals surface area (Å²) >= 11 is 5.28. The van der Waals surface area contributed by atoms with Gasteiger partial charge in [-0.2, -0.15) is 0 Å². The van der Waals surface area contributed by atoms with Gasteiger partial charge in [0.15, 0.2) is 5.11 Å². The number of benzene rings is 1. The minimum Gasteiger partial charge on any atom is -0.465 e. The van der Waals surface area contributed by atoms with Gasteiger partial charge in [0.05, 0.1) is 13.2 Å². The lowest BCUT2D eigenvalue weighted by atomic mass is 9.77. The standard InChI is InChI=1S/C17H20N2O4S/c1-19-16(24)18-13(10-6-4-3-5-7-10)12(14(20)11-8-9-11)17(19,22)15(21)23-2/h3-7,11-13,22H,8-9H2,1-2H3,(H,18,24). The van der Waals surface area contributed by atoms with Gasteiger partial charge in [0.1, 0.15) is 11.7 Å². The maximum absolute atomic E-state index is 13.0. The quantitative estimate of drug-likeness (QED) is 0.621. The lowest BCUT2D eigenvalue weighted by Crippen LogP contribution is -2.70. The molecule has 3 unspecified atom stereocenters. The van der Waals surface area contributed by atoms with E-state index < -0.39 is 23.7 Å². The third kappa shape index (κ3) is 2.57. The van der Waals surface area contributed by atoms with Crippen LogP contribution in [-0.2, 0) is 14.3 Å². The Bertz CT molecular complexity index is 676. The summed E-state index contributed by atoms with van der Waals surface area (Å²) in [5.74, 6) is -2.15. The molecule has 128 valence electrons. The number of hydrogen-bond acceptors (Lipinski definition) is 5. The van der Waals surface area contributed by atoms with E-state index in [4.69, 9.17) is 17.0 Å². The van der Waals surface area contributed by atoms with Crippen LogP contribution in [0.3, 0.4) is 0 Å². The second kappa shape index (κ2) is 6.14. The number of carbonyl (C=O) groups is 2. The molecule has 7 heteroatoms. The number of nitrogens with zero attached hydrogens (tertiary/aromatic N) is 1. The van der Waals surface area contributed by atoms with Gasteiger partial charge >= 0.3 is 5.97 Å². The molecule has 1 aromatic rings. The molecule has 2 fully saturated rings. The van der Waals surface area contributed by atoms with E-state index in [2.05, 4.69) is 5.32 Å². The van der Waals surface area contributed by atoms with Gasteiger partial charge in [-0.1, -0.05) is 30.3 Å². The van der Waals surface area contributed by atoms with Crippen molar-refractivity contribution < 1.29 is 19.4 Å². The van der Waals surface area contributed by atoms with Crippen molar-refractivity contribution in [3.63, 3.8) is 0 Å². The first-order chi connectivity index (χ1) is 11.4. The topological polar surface area (TPSA) is 78.9 Å². The van der Waals surface area contributed by atoms with Crippen LogP contribution in [0.15, 0.2) is 30.3 Å². The zero-order valence-electron chi connectivity index (χ0n) is 13.6. The molecule has 1 saturated carbocycles. The van der Waals surface area contributed by atoms with E-state index in [9.17, 15) is 14.7 Å². The number of aliphatic hydroxyl groups is 1. The molecule has 0 spiro atoms. The van der Waals surface area contributed by atoms with Crippen LogP contribution >= 0.6 is 12.2 Å². The number of ether oxygens (including phenoxy) is 1. The molecule has 6 nitrogen and oxygen atoms in total. The second-order valence-corrected chi connectivity index (χ2v) is 6.66. The molecule has 0 amide bonds. The van der Waals surface area contributed by atoms with E-state index in [0.717, 1.165) is 18.4 Å². The van der Waals surface area contributed by atoms with Crippen molar-refractivity contribution in [2.75, 3.05) is 14.2 Å². The normalized spacial score (nSPS) is 29.8. The predicted molar refractivity (Wildman–Crippen MR) is 90.9 cm³/mol. The molecule has 2 N–H and O–H groups in total. The highest BCUT2D eigenvalue weighted by Gasteiger charge is 2.61. The van der Waals surface area contributed by atoms with Crippen molar-refractivity contribution in [1.29, 1.82) is 0 Å². The average Bonchev–Trinajstić information content (AvgIpc) is 3.44. The highest BCUT2D eigenvalue weighted by molar-refractivity contribution is 7.80. The fourth-order valence-corrected chi connectivity index (χ4v) is 3.51. The van der Waals surface area contributed by atoms with Crippen molar-refractivity contribution in [1.82, 2.24) is 10.2 Å². The zero-order chi connectivity index (χ0) is 17.5. The molecule has 3 atom stereocenters. The Hall–Kier alpha value is -1.99. The van der Waals surface area contributed by atoms with Crippen LogP contribution in [0.1, 0.15) is 24.4 Å². The van der Waals surface area contributed by atoms with E-state index in [1.807, 2.05) is 30.3 Å². The first-order valence-corrected chi connectivity index (χ1v) is 8.25. The molecular weight excluding hydrogens is 328 g/mol.